The van der Waals surface area contributed by atoms with Crippen molar-refractivity contribution in [3.05, 3.63) is 34.9 Å². The van der Waals surface area contributed by atoms with Crippen LogP contribution in [-0.4, -0.2) is 0 Å². The van der Waals surface area contributed by atoms with Gasteiger partial charge < -0.3 is 0 Å². The Morgan fingerprint density at radius 3 is 2.60 bits per heavy atom. The lowest BCUT2D eigenvalue weighted by Gasteiger charge is -2.00. The van der Waals surface area contributed by atoms with E-state index in [4.69, 9.17) is 0 Å². The molecular formula is C15H24. The predicted molar refractivity (Wildman–Crippen MR) is 69.0 cm³/mol. The van der Waals surface area contributed by atoms with Crippen molar-refractivity contribution >= 4 is 0 Å². The lowest BCUT2D eigenvalue weighted by molar-refractivity contribution is 0.905. The highest BCUT2D eigenvalue weighted by Gasteiger charge is 2.11. The molecule has 0 radical (unpaired) electrons. The summed E-state index contributed by atoms with van der Waals surface area (Å²) in [5, 5.41) is 0. The number of allylic oxidation sites excluding steroid dienone is 6. The van der Waals surface area contributed by atoms with E-state index in [9.17, 15) is 0 Å². The topological polar surface area (TPSA) is 0 Å². The monoisotopic (exact) mass is 204 g/mol. The van der Waals surface area contributed by atoms with Crippen molar-refractivity contribution < 1.29 is 0 Å². The Morgan fingerprint density at radius 2 is 1.93 bits per heavy atom. The van der Waals surface area contributed by atoms with Crippen molar-refractivity contribution in [2.45, 2.75) is 59.3 Å². The van der Waals surface area contributed by atoms with Crippen molar-refractivity contribution in [3.8, 4) is 0 Å². The molecule has 0 atom stereocenters. The minimum atomic E-state index is 1.17. The molecule has 0 heterocycles. The van der Waals surface area contributed by atoms with Crippen LogP contribution in [0.1, 0.15) is 59.3 Å². The highest BCUT2D eigenvalue weighted by Crippen LogP contribution is 2.30. The van der Waals surface area contributed by atoms with E-state index in [-0.39, 0.29) is 0 Å². The minimum absolute atomic E-state index is 1.17. The molecule has 0 amide bonds. The van der Waals surface area contributed by atoms with E-state index in [1.165, 1.54) is 44.1 Å². The first kappa shape index (κ1) is 12.3. The van der Waals surface area contributed by atoms with E-state index in [0.29, 0.717) is 0 Å². The third kappa shape index (κ3) is 4.07. The molecule has 1 saturated carbocycles. The maximum atomic E-state index is 2.39. The normalized spacial score (nSPS) is 23.0. The molecule has 0 aliphatic heterocycles. The van der Waals surface area contributed by atoms with Crippen LogP contribution < -0.4 is 0 Å². The zero-order valence-electron chi connectivity index (χ0n) is 10.5. The SMILES string of the molecule is CC/C=C1/CCC/C1=C/C=C(\C)CCC. The molecule has 0 aromatic carbocycles. The summed E-state index contributed by atoms with van der Waals surface area (Å²) in [5.74, 6) is 0. The Bertz CT molecular complexity index is 276. The van der Waals surface area contributed by atoms with Crippen LogP contribution in [0.5, 0.6) is 0 Å². The number of hydrogen-bond donors (Lipinski definition) is 0. The Labute approximate surface area is 94.8 Å². The lowest BCUT2D eigenvalue weighted by Crippen LogP contribution is -1.79. The molecule has 1 aliphatic rings. The molecule has 0 nitrogen and oxygen atoms in total. The maximum absolute atomic E-state index is 2.39. The van der Waals surface area contributed by atoms with E-state index in [2.05, 4.69) is 39.0 Å². The predicted octanol–water partition coefficient (Wildman–Crippen LogP) is 5.18. The fraction of sp³-hybridized carbons (Fsp3) is 0.600. The van der Waals surface area contributed by atoms with Gasteiger partial charge in [0.15, 0.2) is 0 Å². The molecule has 1 aliphatic carbocycles. The molecule has 84 valence electrons. The zero-order valence-corrected chi connectivity index (χ0v) is 10.5. The van der Waals surface area contributed by atoms with Crippen molar-refractivity contribution in [2.24, 2.45) is 0 Å². The second kappa shape index (κ2) is 6.66. The molecule has 0 unspecified atom stereocenters. The Kier molecular flexibility index (Phi) is 5.45. The van der Waals surface area contributed by atoms with Crippen LogP contribution in [-0.2, 0) is 0 Å². The summed E-state index contributed by atoms with van der Waals surface area (Å²) < 4.78 is 0. The molecule has 1 rings (SSSR count). The summed E-state index contributed by atoms with van der Waals surface area (Å²) in [7, 11) is 0. The van der Waals surface area contributed by atoms with Crippen molar-refractivity contribution in [1.82, 2.24) is 0 Å². The smallest absolute Gasteiger partial charge is 0.0273 e. The molecule has 0 saturated heterocycles. The van der Waals surface area contributed by atoms with Crippen LogP contribution in [0.15, 0.2) is 34.9 Å². The zero-order chi connectivity index (χ0) is 11.1. The highest BCUT2D eigenvalue weighted by atomic mass is 14.2. The van der Waals surface area contributed by atoms with Gasteiger partial charge in [-0.2, -0.15) is 0 Å². The quantitative estimate of drug-likeness (QED) is 0.592. The maximum Gasteiger partial charge on any atom is -0.0273 e. The summed E-state index contributed by atoms with van der Waals surface area (Å²) in [6.07, 6.45) is 14.6. The van der Waals surface area contributed by atoms with Gasteiger partial charge in [-0.05, 0) is 50.2 Å². The van der Waals surface area contributed by atoms with Gasteiger partial charge in [0.05, 0.1) is 0 Å². The van der Waals surface area contributed by atoms with E-state index >= 15 is 0 Å². The third-order valence-electron chi connectivity index (χ3n) is 2.97. The van der Waals surface area contributed by atoms with Gasteiger partial charge in [-0.15, -0.1) is 0 Å². The number of hydrogen-bond acceptors (Lipinski definition) is 0. The Morgan fingerprint density at radius 1 is 1.20 bits per heavy atom. The average Bonchev–Trinajstić information content (AvgIpc) is 2.64. The van der Waals surface area contributed by atoms with E-state index in [1.807, 2.05) is 0 Å². The van der Waals surface area contributed by atoms with Gasteiger partial charge in [0.25, 0.3) is 0 Å². The van der Waals surface area contributed by atoms with Crippen LogP contribution in [0.3, 0.4) is 0 Å². The van der Waals surface area contributed by atoms with E-state index in [0.717, 1.165) is 0 Å². The van der Waals surface area contributed by atoms with Crippen molar-refractivity contribution in [1.29, 1.82) is 0 Å². The van der Waals surface area contributed by atoms with Gasteiger partial charge >= 0.3 is 0 Å². The second-order valence-electron chi connectivity index (χ2n) is 4.45. The first-order valence-corrected chi connectivity index (χ1v) is 6.33. The lowest BCUT2D eigenvalue weighted by atomic mass is 10.1. The van der Waals surface area contributed by atoms with Crippen molar-refractivity contribution in [2.75, 3.05) is 0 Å². The molecule has 0 bridgehead atoms. The Hall–Kier alpha value is -0.780. The summed E-state index contributed by atoms with van der Waals surface area (Å²) >= 11 is 0. The van der Waals surface area contributed by atoms with Gasteiger partial charge in [-0.1, -0.05) is 44.1 Å². The van der Waals surface area contributed by atoms with E-state index in [1.54, 1.807) is 11.1 Å². The highest BCUT2D eigenvalue weighted by molar-refractivity contribution is 5.37. The fourth-order valence-electron chi connectivity index (χ4n) is 2.18. The molecule has 15 heavy (non-hydrogen) atoms. The van der Waals surface area contributed by atoms with Gasteiger partial charge in [0.1, 0.15) is 0 Å². The molecule has 0 spiro atoms. The first-order valence-electron chi connectivity index (χ1n) is 6.33. The first-order chi connectivity index (χ1) is 7.27. The van der Waals surface area contributed by atoms with Gasteiger partial charge in [0, 0.05) is 0 Å². The van der Waals surface area contributed by atoms with Crippen molar-refractivity contribution in [3.63, 3.8) is 0 Å². The van der Waals surface area contributed by atoms with E-state index < -0.39 is 0 Å². The van der Waals surface area contributed by atoms with Crippen LogP contribution >= 0.6 is 0 Å². The molecule has 0 heteroatoms. The van der Waals surface area contributed by atoms with Crippen LogP contribution in [0, 0.1) is 0 Å². The summed E-state index contributed by atoms with van der Waals surface area (Å²) in [5.41, 5.74) is 4.68. The summed E-state index contributed by atoms with van der Waals surface area (Å²) in [6.45, 7) is 6.70. The second-order valence-corrected chi connectivity index (χ2v) is 4.45. The Balaban J connectivity index is 2.66. The van der Waals surface area contributed by atoms with Gasteiger partial charge in [-0.3, -0.25) is 0 Å². The summed E-state index contributed by atoms with van der Waals surface area (Å²) in [4.78, 5) is 0. The van der Waals surface area contributed by atoms with Gasteiger partial charge in [0.2, 0.25) is 0 Å². The molecule has 0 aromatic heterocycles. The molecular weight excluding hydrogens is 180 g/mol. The molecule has 1 fully saturated rings. The van der Waals surface area contributed by atoms with Gasteiger partial charge in [-0.25, -0.2) is 0 Å². The molecule has 0 N–H and O–H groups in total. The van der Waals surface area contributed by atoms with Crippen LogP contribution in [0.4, 0.5) is 0 Å². The molecule has 0 aromatic rings. The standard InChI is InChI=1S/C15H24/c1-4-7-13(3)11-12-15-10-6-9-14(15)8-5-2/h8,11-12H,4-7,9-10H2,1-3H3/b13-11+,14-8-,15-12-. The third-order valence-corrected chi connectivity index (χ3v) is 2.97. The number of rotatable bonds is 4. The largest absolute Gasteiger partial charge is 0.0813 e. The minimum Gasteiger partial charge on any atom is -0.0813 e. The van der Waals surface area contributed by atoms with Crippen LogP contribution in [0.25, 0.3) is 0 Å². The average molecular weight is 204 g/mol. The fourth-order valence-corrected chi connectivity index (χ4v) is 2.18. The van der Waals surface area contributed by atoms with Crippen LogP contribution in [0.2, 0.25) is 0 Å². The summed E-state index contributed by atoms with van der Waals surface area (Å²) in [6, 6.07) is 0.